The van der Waals surface area contributed by atoms with Gasteiger partial charge in [-0.15, -0.1) is 0 Å². The number of furan rings is 1. The van der Waals surface area contributed by atoms with Gasteiger partial charge in [0.2, 0.25) is 0 Å². The van der Waals surface area contributed by atoms with E-state index in [1.54, 1.807) is 45.3 Å². The number of aromatic nitrogens is 2. The minimum Gasteiger partial charge on any atom is -0.493 e. The lowest BCUT2D eigenvalue weighted by Crippen LogP contribution is -2.27. The second kappa shape index (κ2) is 10.1. The lowest BCUT2D eigenvalue weighted by atomic mass is 10.1. The molecule has 1 aromatic carbocycles. The van der Waals surface area contributed by atoms with Gasteiger partial charge in [-0.05, 0) is 50.6 Å². The standard InChI is InChI=1S/C26H28N4O6/c1-14-9-18(16(3)35-14)20-11-19(24-15(2)29-36-26(24)28-20)25(32)27-12-17-7-8-21(22(10-17)33-6)34-13-23(31)30(4)5/h7-11H,12-13H2,1-6H3,(H,27,32). The van der Waals surface area contributed by atoms with Crippen LogP contribution in [0.25, 0.3) is 22.4 Å². The van der Waals surface area contributed by atoms with Crippen molar-refractivity contribution in [2.24, 2.45) is 0 Å². The average molecular weight is 493 g/mol. The van der Waals surface area contributed by atoms with Gasteiger partial charge in [0.1, 0.15) is 11.5 Å². The number of aryl methyl sites for hydroxylation is 3. The molecule has 0 aliphatic carbocycles. The highest BCUT2D eigenvalue weighted by molar-refractivity contribution is 6.07. The molecule has 0 aliphatic heterocycles. The van der Waals surface area contributed by atoms with Crippen LogP contribution < -0.4 is 14.8 Å². The topological polar surface area (TPSA) is 120 Å². The quantitative estimate of drug-likeness (QED) is 0.394. The van der Waals surface area contributed by atoms with Crippen LogP contribution in [0, 0.1) is 20.8 Å². The van der Waals surface area contributed by atoms with Gasteiger partial charge < -0.3 is 28.6 Å². The number of methoxy groups -OCH3 is 1. The van der Waals surface area contributed by atoms with Crippen LogP contribution in [0.1, 0.15) is 33.1 Å². The molecule has 0 aliphatic rings. The average Bonchev–Trinajstić information content (AvgIpc) is 3.41. The minimum atomic E-state index is -0.302. The van der Waals surface area contributed by atoms with Crippen molar-refractivity contribution in [2.45, 2.75) is 27.3 Å². The summed E-state index contributed by atoms with van der Waals surface area (Å²) in [5.74, 6) is 1.88. The summed E-state index contributed by atoms with van der Waals surface area (Å²) in [6, 6.07) is 8.86. The highest BCUT2D eigenvalue weighted by atomic mass is 16.5. The predicted molar refractivity (Wildman–Crippen MR) is 132 cm³/mol. The Morgan fingerprint density at radius 1 is 1.08 bits per heavy atom. The Kier molecular flexibility index (Phi) is 6.96. The van der Waals surface area contributed by atoms with Crippen molar-refractivity contribution in [1.29, 1.82) is 0 Å². The van der Waals surface area contributed by atoms with Crippen molar-refractivity contribution in [3.63, 3.8) is 0 Å². The molecule has 0 saturated carbocycles. The molecule has 4 aromatic rings. The largest absolute Gasteiger partial charge is 0.493 e. The molecule has 4 rings (SSSR count). The molecule has 10 nitrogen and oxygen atoms in total. The number of nitrogens with one attached hydrogen (secondary N) is 1. The van der Waals surface area contributed by atoms with Crippen molar-refractivity contribution in [2.75, 3.05) is 27.8 Å². The highest BCUT2D eigenvalue weighted by Gasteiger charge is 2.21. The molecule has 3 aromatic heterocycles. The maximum atomic E-state index is 13.3. The van der Waals surface area contributed by atoms with E-state index in [1.807, 2.05) is 19.9 Å². The van der Waals surface area contributed by atoms with Gasteiger partial charge >= 0.3 is 0 Å². The monoisotopic (exact) mass is 492 g/mol. The summed E-state index contributed by atoms with van der Waals surface area (Å²) in [6.07, 6.45) is 0. The molecule has 0 fully saturated rings. The van der Waals surface area contributed by atoms with E-state index in [9.17, 15) is 9.59 Å². The lowest BCUT2D eigenvalue weighted by molar-refractivity contribution is -0.130. The van der Waals surface area contributed by atoms with Crippen LogP contribution in [0.3, 0.4) is 0 Å². The summed E-state index contributed by atoms with van der Waals surface area (Å²) in [5, 5.41) is 7.49. The summed E-state index contributed by atoms with van der Waals surface area (Å²) in [7, 11) is 4.83. The van der Waals surface area contributed by atoms with Crippen molar-refractivity contribution in [3.05, 3.63) is 58.7 Å². The minimum absolute atomic E-state index is 0.104. The molecule has 0 spiro atoms. The van der Waals surface area contributed by atoms with E-state index < -0.39 is 0 Å². The normalized spacial score (nSPS) is 10.9. The van der Waals surface area contributed by atoms with E-state index in [2.05, 4.69) is 15.5 Å². The van der Waals surface area contributed by atoms with E-state index in [0.29, 0.717) is 39.6 Å². The van der Waals surface area contributed by atoms with Gasteiger partial charge in [0, 0.05) is 26.2 Å². The molecular weight excluding hydrogens is 464 g/mol. The zero-order valence-corrected chi connectivity index (χ0v) is 21.1. The number of rotatable bonds is 8. The van der Waals surface area contributed by atoms with Crippen molar-refractivity contribution in [3.8, 4) is 22.8 Å². The first kappa shape index (κ1) is 24.8. The Morgan fingerprint density at radius 3 is 2.53 bits per heavy atom. The number of carbonyl (C=O) groups is 2. The van der Waals surface area contributed by atoms with E-state index in [0.717, 1.165) is 16.9 Å². The van der Waals surface area contributed by atoms with Crippen LogP contribution in [0.15, 0.2) is 39.3 Å². The van der Waals surface area contributed by atoms with Gasteiger partial charge in [-0.1, -0.05) is 11.2 Å². The summed E-state index contributed by atoms with van der Waals surface area (Å²) in [4.78, 5) is 31.1. The Morgan fingerprint density at radius 2 is 1.86 bits per heavy atom. The molecule has 3 heterocycles. The van der Waals surface area contributed by atoms with Crippen LogP contribution in [-0.4, -0.2) is 54.7 Å². The van der Waals surface area contributed by atoms with E-state index in [4.69, 9.17) is 18.4 Å². The third kappa shape index (κ3) is 5.02. The number of carbonyl (C=O) groups excluding carboxylic acids is 2. The number of nitrogens with zero attached hydrogens (tertiary/aromatic N) is 3. The summed E-state index contributed by atoms with van der Waals surface area (Å²) in [5.41, 5.74) is 3.40. The summed E-state index contributed by atoms with van der Waals surface area (Å²) >= 11 is 0. The first-order chi connectivity index (χ1) is 17.2. The maximum Gasteiger partial charge on any atom is 0.259 e. The smallest absolute Gasteiger partial charge is 0.259 e. The van der Waals surface area contributed by atoms with Gasteiger partial charge in [-0.25, -0.2) is 4.98 Å². The van der Waals surface area contributed by atoms with Crippen molar-refractivity contribution < 1.29 is 28.0 Å². The first-order valence-electron chi connectivity index (χ1n) is 11.3. The number of benzene rings is 1. The fourth-order valence-electron chi connectivity index (χ4n) is 3.78. The molecule has 10 heteroatoms. The second-order valence-electron chi connectivity index (χ2n) is 8.57. The first-order valence-corrected chi connectivity index (χ1v) is 11.3. The third-order valence-corrected chi connectivity index (χ3v) is 5.71. The number of ether oxygens (including phenoxy) is 2. The Bertz CT molecular complexity index is 1440. The van der Waals surface area contributed by atoms with Crippen molar-refractivity contribution >= 4 is 22.9 Å². The molecule has 0 bridgehead atoms. The van der Waals surface area contributed by atoms with Crippen molar-refractivity contribution in [1.82, 2.24) is 20.4 Å². The lowest BCUT2D eigenvalue weighted by Gasteiger charge is -2.14. The molecule has 0 radical (unpaired) electrons. The molecule has 2 amide bonds. The predicted octanol–water partition coefficient (Wildman–Crippen LogP) is 3.81. The zero-order chi connectivity index (χ0) is 26.0. The number of pyridine rings is 1. The number of amides is 2. The molecule has 0 unspecified atom stereocenters. The van der Waals surface area contributed by atoms with Crippen LogP contribution >= 0.6 is 0 Å². The molecular formula is C26H28N4O6. The molecule has 0 atom stereocenters. The van der Waals surface area contributed by atoms with E-state index in [1.165, 1.54) is 12.0 Å². The van der Waals surface area contributed by atoms with E-state index in [-0.39, 0.29) is 30.7 Å². The third-order valence-electron chi connectivity index (χ3n) is 5.71. The number of likely N-dealkylation sites (N-methyl/N-ethyl adjacent to an activating group) is 1. The van der Waals surface area contributed by atoms with Gasteiger partial charge in [0.15, 0.2) is 18.1 Å². The zero-order valence-electron chi connectivity index (χ0n) is 21.1. The summed E-state index contributed by atoms with van der Waals surface area (Å²) in [6.45, 7) is 5.59. The Labute approximate surface area is 208 Å². The second-order valence-corrected chi connectivity index (χ2v) is 8.57. The molecule has 36 heavy (non-hydrogen) atoms. The number of fused-ring (bicyclic) bond motifs is 1. The van der Waals surface area contributed by atoms with Gasteiger partial charge in [0.05, 0.1) is 29.4 Å². The van der Waals surface area contributed by atoms with Crippen LogP contribution in [0.5, 0.6) is 11.5 Å². The fraction of sp³-hybridized carbons (Fsp3) is 0.308. The van der Waals surface area contributed by atoms with Gasteiger partial charge in [-0.3, -0.25) is 9.59 Å². The Hall–Kier alpha value is -4.34. The molecule has 188 valence electrons. The number of hydrogen-bond donors (Lipinski definition) is 1. The van der Waals surface area contributed by atoms with Crippen LogP contribution in [0.2, 0.25) is 0 Å². The highest BCUT2D eigenvalue weighted by Crippen LogP contribution is 2.31. The maximum absolute atomic E-state index is 13.3. The summed E-state index contributed by atoms with van der Waals surface area (Å²) < 4.78 is 22.0. The molecule has 0 saturated heterocycles. The SMILES string of the molecule is COc1cc(CNC(=O)c2cc(-c3cc(C)oc3C)nc3onc(C)c23)ccc1OCC(=O)N(C)C. The number of hydrogen-bond acceptors (Lipinski definition) is 8. The van der Waals surface area contributed by atoms with Crippen LogP contribution in [0.4, 0.5) is 0 Å². The molecule has 1 N–H and O–H groups in total. The van der Waals surface area contributed by atoms with Gasteiger partial charge in [-0.2, -0.15) is 0 Å². The van der Waals surface area contributed by atoms with Gasteiger partial charge in [0.25, 0.3) is 17.5 Å². The fourth-order valence-corrected chi connectivity index (χ4v) is 3.78. The Balaban J connectivity index is 1.56. The van der Waals surface area contributed by atoms with E-state index >= 15 is 0 Å². The van der Waals surface area contributed by atoms with Crippen LogP contribution in [-0.2, 0) is 11.3 Å².